The number of carbonyl (C=O) groups is 2. The van der Waals surface area contributed by atoms with Gasteiger partial charge >= 0.3 is 5.97 Å². The Morgan fingerprint density at radius 2 is 2.25 bits per heavy atom. The molecule has 1 aromatic heterocycles. The number of hydrogen-bond donors (Lipinski definition) is 3. The molecule has 0 spiro atoms. The first kappa shape index (κ1) is 12.6. The number of carboxylic acid groups (broad SMARTS) is 1. The molecular formula is C13H13N3O4. The van der Waals surface area contributed by atoms with Crippen molar-refractivity contribution in [2.24, 2.45) is 5.92 Å². The summed E-state index contributed by atoms with van der Waals surface area (Å²) in [4.78, 5) is 23.2. The van der Waals surface area contributed by atoms with Crippen molar-refractivity contribution < 1.29 is 19.4 Å². The summed E-state index contributed by atoms with van der Waals surface area (Å²) < 4.78 is 5.12. The predicted octanol–water partition coefficient (Wildman–Crippen LogP) is 0.392. The van der Waals surface area contributed by atoms with Gasteiger partial charge in [0, 0.05) is 10.9 Å². The molecule has 1 aliphatic rings. The highest BCUT2D eigenvalue weighted by Crippen LogP contribution is 2.16. The fourth-order valence-corrected chi connectivity index (χ4v) is 2.28. The maximum Gasteiger partial charge on any atom is 0.311 e. The van der Waals surface area contributed by atoms with E-state index in [1.165, 1.54) is 0 Å². The first-order valence-corrected chi connectivity index (χ1v) is 6.19. The van der Waals surface area contributed by atoms with Gasteiger partial charge in [0.25, 0.3) is 5.91 Å². The number of ether oxygens (including phenoxy) is 1. The van der Waals surface area contributed by atoms with Gasteiger partial charge in [-0.15, -0.1) is 0 Å². The second-order valence-corrected chi connectivity index (χ2v) is 4.73. The molecule has 1 saturated heterocycles. The highest BCUT2D eigenvalue weighted by atomic mass is 16.5. The number of aromatic nitrogens is 2. The van der Waals surface area contributed by atoms with Crippen molar-refractivity contribution in [1.82, 2.24) is 15.5 Å². The molecule has 0 aliphatic carbocycles. The number of nitrogens with zero attached hydrogens (tertiary/aromatic N) is 1. The number of carbonyl (C=O) groups excluding carboxylic acids is 1. The number of nitrogens with one attached hydrogen (secondary N) is 2. The third-order valence-corrected chi connectivity index (χ3v) is 3.42. The van der Waals surface area contributed by atoms with Crippen molar-refractivity contribution in [1.29, 1.82) is 0 Å². The number of rotatable bonds is 3. The van der Waals surface area contributed by atoms with E-state index in [1.807, 2.05) is 0 Å². The fraction of sp³-hybridized carbons (Fsp3) is 0.308. The fourth-order valence-electron chi connectivity index (χ4n) is 2.28. The normalized spacial score (nSPS) is 22.0. The summed E-state index contributed by atoms with van der Waals surface area (Å²) >= 11 is 0. The Labute approximate surface area is 113 Å². The molecule has 1 fully saturated rings. The zero-order valence-electron chi connectivity index (χ0n) is 10.5. The Bertz CT molecular complexity index is 666. The lowest BCUT2D eigenvalue weighted by Crippen LogP contribution is -2.42. The molecule has 3 N–H and O–H groups in total. The van der Waals surface area contributed by atoms with Gasteiger partial charge in [0.2, 0.25) is 0 Å². The maximum absolute atomic E-state index is 12.1. The zero-order chi connectivity index (χ0) is 14.1. The molecule has 7 nitrogen and oxygen atoms in total. The molecule has 1 amide bonds. The Hall–Kier alpha value is -2.41. The molecule has 1 aromatic carbocycles. The number of hydrogen-bond acceptors (Lipinski definition) is 4. The van der Waals surface area contributed by atoms with Crippen LogP contribution in [0.5, 0.6) is 0 Å². The van der Waals surface area contributed by atoms with Gasteiger partial charge in [0.1, 0.15) is 5.92 Å². The van der Waals surface area contributed by atoms with Crippen LogP contribution >= 0.6 is 0 Å². The van der Waals surface area contributed by atoms with Gasteiger partial charge in [-0.25, -0.2) is 0 Å². The second kappa shape index (κ2) is 4.93. The number of carboxylic acids is 1. The number of benzene rings is 1. The molecule has 2 aromatic rings. The van der Waals surface area contributed by atoms with E-state index in [2.05, 4.69) is 15.5 Å². The van der Waals surface area contributed by atoms with Crippen molar-refractivity contribution in [3.05, 3.63) is 30.0 Å². The molecule has 20 heavy (non-hydrogen) atoms. The van der Waals surface area contributed by atoms with Crippen molar-refractivity contribution in [3.63, 3.8) is 0 Å². The van der Waals surface area contributed by atoms with Gasteiger partial charge in [0.05, 0.1) is 31.0 Å². The third kappa shape index (κ3) is 2.23. The minimum Gasteiger partial charge on any atom is -0.481 e. The van der Waals surface area contributed by atoms with E-state index < -0.39 is 17.9 Å². The summed E-state index contributed by atoms with van der Waals surface area (Å²) in [6.07, 6.45) is 1.63. The van der Waals surface area contributed by atoms with Crippen LogP contribution in [0.1, 0.15) is 10.4 Å². The largest absolute Gasteiger partial charge is 0.481 e. The summed E-state index contributed by atoms with van der Waals surface area (Å²) in [7, 11) is 0. The molecule has 0 radical (unpaired) electrons. The smallest absolute Gasteiger partial charge is 0.311 e. The standard InChI is InChI=1S/C13H13N3O4/c17-12(15-11-6-20-5-9(11)13(18)19)7-1-2-10-8(3-7)4-14-16-10/h1-4,9,11H,5-6H2,(H,14,16)(H,15,17)(H,18,19). The van der Waals surface area contributed by atoms with E-state index in [-0.39, 0.29) is 19.1 Å². The van der Waals surface area contributed by atoms with Crippen LogP contribution in [-0.2, 0) is 9.53 Å². The number of H-pyrrole nitrogens is 1. The van der Waals surface area contributed by atoms with E-state index in [1.54, 1.807) is 24.4 Å². The van der Waals surface area contributed by atoms with E-state index in [9.17, 15) is 9.59 Å². The SMILES string of the molecule is O=C(NC1COCC1C(=O)O)c1ccc2[nH]ncc2c1. The Kier molecular flexibility index (Phi) is 3.11. The summed E-state index contributed by atoms with van der Waals surface area (Å²) in [5.74, 6) is -1.97. The molecule has 1 aliphatic heterocycles. The molecule has 3 rings (SSSR count). The monoisotopic (exact) mass is 275 g/mol. The maximum atomic E-state index is 12.1. The average Bonchev–Trinajstić information content (AvgIpc) is 3.05. The molecule has 0 saturated carbocycles. The molecule has 2 unspecified atom stereocenters. The zero-order valence-corrected chi connectivity index (χ0v) is 10.5. The van der Waals surface area contributed by atoms with Gasteiger partial charge in [-0.3, -0.25) is 14.7 Å². The van der Waals surface area contributed by atoms with Gasteiger partial charge in [-0.2, -0.15) is 5.10 Å². The Balaban J connectivity index is 1.77. The summed E-state index contributed by atoms with van der Waals surface area (Å²) in [5.41, 5.74) is 1.31. The van der Waals surface area contributed by atoms with Crippen LogP contribution in [0.4, 0.5) is 0 Å². The highest BCUT2D eigenvalue weighted by Gasteiger charge is 2.35. The van der Waals surface area contributed by atoms with Crippen molar-refractivity contribution in [2.45, 2.75) is 6.04 Å². The van der Waals surface area contributed by atoms with Gasteiger partial charge < -0.3 is 15.2 Å². The van der Waals surface area contributed by atoms with Crippen LogP contribution in [0, 0.1) is 5.92 Å². The summed E-state index contributed by atoms with van der Waals surface area (Å²) in [6.45, 7) is 0.345. The van der Waals surface area contributed by atoms with Crippen LogP contribution in [0.2, 0.25) is 0 Å². The minimum absolute atomic E-state index is 0.126. The number of amides is 1. The van der Waals surface area contributed by atoms with E-state index in [0.29, 0.717) is 5.56 Å². The first-order chi connectivity index (χ1) is 9.65. The molecule has 2 heterocycles. The van der Waals surface area contributed by atoms with Gasteiger partial charge in [0.15, 0.2) is 0 Å². The summed E-state index contributed by atoms with van der Waals surface area (Å²) in [5, 5.41) is 19.3. The van der Waals surface area contributed by atoms with Crippen molar-refractivity contribution in [3.8, 4) is 0 Å². The van der Waals surface area contributed by atoms with Gasteiger partial charge in [-0.05, 0) is 18.2 Å². The number of fused-ring (bicyclic) bond motifs is 1. The average molecular weight is 275 g/mol. The molecule has 2 atom stereocenters. The lowest BCUT2D eigenvalue weighted by atomic mass is 10.0. The molecule has 7 heteroatoms. The predicted molar refractivity (Wildman–Crippen MR) is 69.3 cm³/mol. The van der Waals surface area contributed by atoms with Crippen LogP contribution < -0.4 is 5.32 Å². The topological polar surface area (TPSA) is 104 Å². The molecule has 104 valence electrons. The lowest BCUT2D eigenvalue weighted by Gasteiger charge is -2.15. The quantitative estimate of drug-likeness (QED) is 0.751. The van der Waals surface area contributed by atoms with Crippen LogP contribution in [0.3, 0.4) is 0 Å². The van der Waals surface area contributed by atoms with Crippen LogP contribution in [0.15, 0.2) is 24.4 Å². The first-order valence-electron chi connectivity index (χ1n) is 6.19. The Morgan fingerprint density at radius 3 is 3.05 bits per heavy atom. The van der Waals surface area contributed by atoms with Crippen molar-refractivity contribution in [2.75, 3.05) is 13.2 Å². The van der Waals surface area contributed by atoms with E-state index in [0.717, 1.165) is 10.9 Å². The second-order valence-electron chi connectivity index (χ2n) is 4.73. The minimum atomic E-state index is -0.960. The number of aliphatic carboxylic acids is 1. The van der Waals surface area contributed by atoms with E-state index >= 15 is 0 Å². The number of aromatic amines is 1. The summed E-state index contributed by atoms with van der Waals surface area (Å²) in [6, 6.07) is 4.64. The molecular weight excluding hydrogens is 262 g/mol. The van der Waals surface area contributed by atoms with Crippen molar-refractivity contribution >= 4 is 22.8 Å². The third-order valence-electron chi connectivity index (χ3n) is 3.42. The van der Waals surface area contributed by atoms with Gasteiger partial charge in [-0.1, -0.05) is 0 Å². The molecule has 0 bridgehead atoms. The lowest BCUT2D eigenvalue weighted by molar-refractivity contribution is -0.142. The van der Waals surface area contributed by atoms with Crippen LogP contribution in [-0.4, -0.2) is 46.4 Å². The highest BCUT2D eigenvalue weighted by molar-refractivity contribution is 5.98. The van der Waals surface area contributed by atoms with E-state index in [4.69, 9.17) is 9.84 Å². The van der Waals surface area contributed by atoms with Crippen LogP contribution in [0.25, 0.3) is 10.9 Å². The Morgan fingerprint density at radius 1 is 1.40 bits per heavy atom.